The second-order valence-electron chi connectivity index (χ2n) is 36.7. The van der Waals surface area contributed by atoms with Gasteiger partial charge in [0.25, 0.3) is 0 Å². The van der Waals surface area contributed by atoms with Gasteiger partial charge in [-0.25, -0.2) is 73.6 Å². The molecule has 12 saturated carbocycles. The standard InChI is InChI=1S/C31H41N5O7.C30H39N5O7.C27H33N5O7/c1-4-31(17-41-28(37)40-9-7-6-8-30-14-20-10-21(15-30)12-22(11-20)16-30)23(42-29(38)39-5-2)13-24(43-31)36-18-33-25-26(32)34-19(3)35-27(25)36;1-4-30(16-40-27(36)39-8-6-7-29-13-19-9-20(14-29)11-21(10-19)15-29)22(41-28(37)38-5-2)12-23(42-30)35-17-32-24-25(31)33-18(3)34-26(24)35;1-4-27(13-36-25(34)39-26-10-16-6-17(11-26)8-18(7-16)12-26)19(37-24(33)35-5-2)9-20(38-27)32-14-29-21-22(28)30-15(3)31-23(21)32/h1,18,20-24H,5-17H2,2-3H3,(H2,32,34,35);1,17,19-23H,5-16H2,2-3H3,(H2,31,33,34);1,14,16-20H,5-13H2,2-3H3,(H2,28,30,31)/t20?,21?,22?,23-,24+,30?,31+;19?,20?,21?,22-,23+,29?,30+;16?,17?,18?,19-,20+,26?,27+/m000/s1. The van der Waals surface area contributed by atoms with E-state index >= 15 is 0 Å². The van der Waals surface area contributed by atoms with Crippen LogP contribution in [0.5, 0.6) is 0 Å². The Hall–Kier alpha value is -10.8. The van der Waals surface area contributed by atoms with Gasteiger partial charge >= 0.3 is 36.9 Å². The molecule has 36 nitrogen and oxygen atoms in total. The van der Waals surface area contributed by atoms with Crippen LogP contribution in [0.25, 0.3) is 33.5 Å². The maximum absolute atomic E-state index is 13.0. The first-order chi connectivity index (χ1) is 59.6. The van der Waals surface area contributed by atoms with Gasteiger partial charge in [-0.1, -0.05) is 17.8 Å². The van der Waals surface area contributed by atoms with E-state index in [2.05, 4.69) is 62.6 Å². The first kappa shape index (κ1) is 86.7. The molecule has 0 radical (unpaired) electrons. The highest BCUT2D eigenvalue weighted by atomic mass is 16.8. The van der Waals surface area contributed by atoms with Crippen molar-refractivity contribution in [2.75, 3.05) is 70.1 Å². The van der Waals surface area contributed by atoms with Crippen molar-refractivity contribution in [1.82, 2.24) is 58.6 Å². The van der Waals surface area contributed by atoms with Gasteiger partial charge in [0.1, 0.15) is 78.1 Å². The number of imidazole rings is 3. The Balaban J connectivity index is 0.000000138. The van der Waals surface area contributed by atoms with Crippen LogP contribution in [0.1, 0.15) is 224 Å². The Morgan fingerprint density at radius 3 is 0.984 bits per heavy atom. The van der Waals surface area contributed by atoms with Gasteiger partial charge in [-0.2, -0.15) is 0 Å². The summed E-state index contributed by atoms with van der Waals surface area (Å²) in [5.41, 5.74) is 16.3. The fraction of sp³-hybridized carbons (Fsp3) is 0.693. The van der Waals surface area contributed by atoms with Crippen molar-refractivity contribution >= 4 is 87.9 Å². The number of carbonyl (C=O) groups is 6. The number of aryl methyl sites for hydroxylation is 3. The van der Waals surface area contributed by atoms with Gasteiger partial charge < -0.3 is 88.3 Å². The molecule has 3 saturated heterocycles. The number of carbonyl (C=O) groups excluding carboxylic acids is 6. The van der Waals surface area contributed by atoms with E-state index in [1.165, 1.54) is 122 Å². The average Bonchev–Trinajstić information content (AvgIpc) is 1.17. The molecule has 0 unspecified atom stereocenters. The molecule has 12 aliphatic carbocycles. The third-order valence-electron chi connectivity index (χ3n) is 27.9. The number of ether oxygens (including phenoxy) is 15. The number of nitrogen functional groups attached to an aromatic ring is 3. The number of aromatic nitrogens is 12. The smallest absolute Gasteiger partial charge is 0.435 e. The van der Waals surface area contributed by atoms with Gasteiger partial charge in [0.05, 0.1) is 52.0 Å². The van der Waals surface area contributed by atoms with Crippen molar-refractivity contribution in [1.29, 1.82) is 0 Å². The van der Waals surface area contributed by atoms with Crippen LogP contribution in [0.4, 0.5) is 46.2 Å². The quantitative estimate of drug-likeness (QED) is 0.0207. The summed E-state index contributed by atoms with van der Waals surface area (Å²) >= 11 is 0. The zero-order chi connectivity index (χ0) is 87.0. The van der Waals surface area contributed by atoms with Crippen molar-refractivity contribution in [3.8, 4) is 37.0 Å². The Morgan fingerprint density at radius 2 is 0.677 bits per heavy atom. The first-order valence-corrected chi connectivity index (χ1v) is 44.0. The first-order valence-electron chi connectivity index (χ1n) is 44.0. The van der Waals surface area contributed by atoms with Crippen LogP contribution in [0.3, 0.4) is 0 Å². The number of nitrogens with zero attached hydrogens (tertiary/aromatic N) is 12. The molecule has 3 aliphatic heterocycles. The number of anilines is 3. The number of nitrogens with two attached hydrogens (primary N) is 3. The highest BCUT2D eigenvalue weighted by Gasteiger charge is 2.59. The minimum absolute atomic E-state index is 0.117. The Bertz CT molecular complexity index is 5000. The molecule has 6 aromatic heterocycles. The summed E-state index contributed by atoms with van der Waals surface area (Å²) in [6.07, 6.45) is 40.0. The van der Waals surface area contributed by atoms with Crippen LogP contribution >= 0.6 is 0 Å². The van der Waals surface area contributed by atoms with Crippen LogP contribution in [-0.4, -0.2) is 189 Å². The SMILES string of the molecule is C#C[C@]1(COC(=O)OC23CC4CC(CC(C4)C2)C3)O[C@@H](n2cnc3c(N)nc(C)nc32)C[C@@H]1OC(=O)OCC.C#C[C@]1(COC(=O)OCCCC23CC4CC(CC(C4)C2)C3)O[C@@H](n2cnc3c(N)nc(C)nc32)C[C@@H]1OC(=O)OCC.C#C[C@]1(COC(=O)OCCCCC23CC4CC(CC(C4)C2)C3)O[C@@H](n2cnc3c(N)nc(C)nc32)C[C@@H]1OC(=O)OCC. The van der Waals surface area contributed by atoms with Crippen molar-refractivity contribution in [3.63, 3.8) is 0 Å². The predicted octanol–water partition coefficient (Wildman–Crippen LogP) is 13.5. The molecular formula is C88H113N15O21. The zero-order valence-corrected chi connectivity index (χ0v) is 71.3. The minimum atomic E-state index is -1.60. The number of fused-ring (bicyclic) bond motifs is 3. The van der Waals surface area contributed by atoms with Crippen LogP contribution in [0.2, 0.25) is 0 Å². The molecule has 666 valence electrons. The number of unbranched alkanes of at least 4 members (excludes halogenated alkanes) is 1. The number of terminal acetylenes is 3. The van der Waals surface area contributed by atoms with E-state index in [0.29, 0.717) is 79.5 Å². The Kier molecular flexibility index (Phi) is 25.0. The molecular weight excluding hydrogens is 1600 g/mol. The third kappa shape index (κ3) is 18.2. The molecule has 6 aromatic rings. The highest BCUT2D eigenvalue weighted by Crippen LogP contribution is 2.64. The Morgan fingerprint density at radius 1 is 0.387 bits per heavy atom. The molecule has 0 aromatic carbocycles. The Labute approximate surface area is 718 Å². The summed E-state index contributed by atoms with van der Waals surface area (Å²) in [6, 6.07) is 0. The zero-order valence-electron chi connectivity index (χ0n) is 71.3. The van der Waals surface area contributed by atoms with E-state index in [4.69, 9.17) is 108 Å². The van der Waals surface area contributed by atoms with E-state index in [9.17, 15) is 28.8 Å². The maximum atomic E-state index is 13.0. The van der Waals surface area contributed by atoms with E-state index in [-0.39, 0.29) is 89.6 Å². The third-order valence-corrected chi connectivity index (χ3v) is 27.9. The predicted molar refractivity (Wildman–Crippen MR) is 440 cm³/mol. The lowest BCUT2D eigenvalue weighted by molar-refractivity contribution is -0.153. The average molecular weight is 1720 g/mol. The maximum Gasteiger partial charge on any atom is 0.508 e. The van der Waals surface area contributed by atoms with Gasteiger partial charge in [-0.3, -0.25) is 13.7 Å². The van der Waals surface area contributed by atoms with Crippen molar-refractivity contribution in [3.05, 3.63) is 36.5 Å². The normalized spacial score (nSPS) is 33.3. The van der Waals surface area contributed by atoms with E-state index < -0.39 is 96.3 Å². The van der Waals surface area contributed by atoms with E-state index in [1.54, 1.807) is 55.2 Å². The fourth-order valence-electron chi connectivity index (χ4n) is 24.1. The second kappa shape index (κ2) is 35.7. The summed E-state index contributed by atoms with van der Waals surface area (Å²) in [5, 5.41) is 0. The minimum Gasteiger partial charge on any atom is -0.435 e. The van der Waals surface area contributed by atoms with E-state index in [0.717, 1.165) is 80.5 Å². The van der Waals surface area contributed by atoms with Crippen LogP contribution in [0.15, 0.2) is 19.0 Å². The largest absolute Gasteiger partial charge is 0.508 e. The second-order valence-corrected chi connectivity index (χ2v) is 36.7. The van der Waals surface area contributed by atoms with Crippen molar-refractivity contribution in [2.24, 2.45) is 64.1 Å². The number of hydrogen-bond acceptors (Lipinski definition) is 33. The monoisotopic (exact) mass is 1720 g/mol. The van der Waals surface area contributed by atoms with Crippen molar-refractivity contribution in [2.45, 2.75) is 268 Å². The molecule has 15 fully saturated rings. The number of rotatable bonds is 25. The lowest BCUT2D eigenvalue weighted by Crippen LogP contribution is -2.53. The molecule has 36 heteroatoms. The van der Waals surface area contributed by atoms with Gasteiger partial charge in [0, 0.05) is 19.3 Å². The highest BCUT2D eigenvalue weighted by molar-refractivity contribution is 5.83. The van der Waals surface area contributed by atoms with Crippen LogP contribution in [-0.2, 0) is 71.1 Å². The molecule has 0 spiro atoms. The molecule has 0 amide bonds. The molecule has 12 bridgehead atoms. The van der Waals surface area contributed by atoms with Crippen LogP contribution in [0, 0.1) is 122 Å². The molecule has 9 heterocycles. The summed E-state index contributed by atoms with van der Waals surface area (Å²) < 4.78 is 88.6. The molecule has 15 aliphatic rings. The van der Waals surface area contributed by atoms with Gasteiger partial charge in [0.15, 0.2) is 52.7 Å². The summed E-state index contributed by atoms with van der Waals surface area (Å²) in [6.45, 7) is 9.87. The summed E-state index contributed by atoms with van der Waals surface area (Å²) in [4.78, 5) is 114. The molecule has 21 rings (SSSR count). The van der Waals surface area contributed by atoms with Gasteiger partial charge in [0.2, 0.25) is 16.8 Å². The fourth-order valence-corrected chi connectivity index (χ4v) is 24.1. The van der Waals surface area contributed by atoms with Crippen LogP contribution < -0.4 is 17.2 Å². The number of hydrogen-bond donors (Lipinski definition) is 3. The van der Waals surface area contributed by atoms with Gasteiger partial charge in [-0.15, -0.1) is 19.3 Å². The van der Waals surface area contributed by atoms with Crippen molar-refractivity contribution < 1.29 is 99.8 Å². The lowest BCUT2D eigenvalue weighted by atomic mass is 9.48. The summed E-state index contributed by atoms with van der Waals surface area (Å²) in [7, 11) is 0. The lowest BCUT2D eigenvalue weighted by Gasteiger charge is -2.57. The molecule has 9 atom stereocenters. The molecule has 6 N–H and O–H groups in total. The van der Waals surface area contributed by atoms with Gasteiger partial charge in [-0.05, 0) is 253 Å². The molecule has 124 heavy (non-hydrogen) atoms. The van der Waals surface area contributed by atoms with E-state index in [1.807, 2.05) is 0 Å². The summed E-state index contributed by atoms with van der Waals surface area (Å²) in [5.74, 6) is 17.0. The topological polar surface area (TPSA) is 450 Å².